The number of rotatable bonds is 4. The van der Waals surface area contributed by atoms with Gasteiger partial charge in [-0.1, -0.05) is 0 Å². The van der Waals surface area contributed by atoms with Gasteiger partial charge in [0.15, 0.2) is 0 Å². The third kappa shape index (κ3) is 3.39. The van der Waals surface area contributed by atoms with Crippen LogP contribution in [-0.4, -0.2) is 41.3 Å². The number of halogens is 1. The van der Waals surface area contributed by atoms with Gasteiger partial charge in [-0.2, -0.15) is 11.8 Å². The smallest absolute Gasteiger partial charge is 0.222 e. The molecule has 0 radical (unpaired) electrons. The van der Waals surface area contributed by atoms with Gasteiger partial charge in [0.1, 0.15) is 0 Å². The predicted molar refractivity (Wildman–Crippen MR) is 58.5 cm³/mol. The van der Waals surface area contributed by atoms with Gasteiger partial charge in [-0.25, -0.2) is 0 Å². The standard InChI is InChI=1S/C9H16ClNOS/c1-11(8-4-6-13-7-8)9(12)3-2-5-10/h8H,2-7H2,1H3. The lowest BCUT2D eigenvalue weighted by Gasteiger charge is -2.23. The maximum Gasteiger partial charge on any atom is 0.222 e. The molecule has 0 aliphatic carbocycles. The van der Waals surface area contributed by atoms with Crippen molar-refractivity contribution in [1.82, 2.24) is 4.90 Å². The molecule has 0 aromatic heterocycles. The molecule has 1 heterocycles. The number of nitrogens with zero attached hydrogens (tertiary/aromatic N) is 1. The largest absolute Gasteiger partial charge is 0.342 e. The van der Waals surface area contributed by atoms with Crippen LogP contribution >= 0.6 is 23.4 Å². The molecule has 1 aliphatic rings. The van der Waals surface area contributed by atoms with Gasteiger partial charge in [0, 0.05) is 31.1 Å². The second-order valence-corrected chi connectivity index (χ2v) is 4.84. The number of hydrogen-bond donors (Lipinski definition) is 0. The Bertz CT molecular complexity index is 171. The molecule has 2 nitrogen and oxygen atoms in total. The van der Waals surface area contributed by atoms with Crippen LogP contribution in [0.5, 0.6) is 0 Å². The summed E-state index contributed by atoms with van der Waals surface area (Å²) >= 11 is 7.47. The highest BCUT2D eigenvalue weighted by Crippen LogP contribution is 2.21. The summed E-state index contributed by atoms with van der Waals surface area (Å²) in [6, 6.07) is 0.466. The predicted octanol–water partition coefficient (Wildman–Crippen LogP) is 1.97. The number of amides is 1. The average Bonchev–Trinajstić information content (AvgIpc) is 2.65. The lowest BCUT2D eigenvalue weighted by Crippen LogP contribution is -2.36. The van der Waals surface area contributed by atoms with Crippen LogP contribution in [-0.2, 0) is 4.79 Å². The molecule has 76 valence electrons. The second-order valence-electron chi connectivity index (χ2n) is 3.31. The van der Waals surface area contributed by atoms with Gasteiger partial charge < -0.3 is 4.90 Å². The van der Waals surface area contributed by atoms with Crippen LogP contribution in [0.1, 0.15) is 19.3 Å². The summed E-state index contributed by atoms with van der Waals surface area (Å²) < 4.78 is 0. The van der Waals surface area contributed by atoms with E-state index in [2.05, 4.69) is 0 Å². The number of carbonyl (C=O) groups excluding carboxylic acids is 1. The van der Waals surface area contributed by atoms with Crippen LogP contribution in [0.2, 0.25) is 0 Å². The van der Waals surface area contributed by atoms with E-state index in [1.54, 1.807) is 0 Å². The van der Waals surface area contributed by atoms with E-state index in [1.165, 1.54) is 5.75 Å². The molecule has 0 N–H and O–H groups in total. The van der Waals surface area contributed by atoms with Crippen LogP contribution in [0, 0.1) is 0 Å². The van der Waals surface area contributed by atoms with Crippen molar-refractivity contribution >= 4 is 29.3 Å². The maximum atomic E-state index is 11.5. The molecular weight excluding hydrogens is 206 g/mol. The molecule has 13 heavy (non-hydrogen) atoms. The fourth-order valence-electron chi connectivity index (χ4n) is 1.43. The zero-order valence-corrected chi connectivity index (χ0v) is 9.53. The zero-order chi connectivity index (χ0) is 9.68. The fraction of sp³-hybridized carbons (Fsp3) is 0.889. The van der Waals surface area contributed by atoms with Gasteiger partial charge in [-0.3, -0.25) is 4.79 Å². The molecule has 1 amide bonds. The maximum absolute atomic E-state index is 11.5. The molecular formula is C9H16ClNOS. The van der Waals surface area contributed by atoms with Crippen molar-refractivity contribution < 1.29 is 4.79 Å². The Kier molecular flexibility index (Phi) is 4.96. The van der Waals surface area contributed by atoms with Crippen molar-refractivity contribution in [1.29, 1.82) is 0 Å². The summed E-state index contributed by atoms with van der Waals surface area (Å²) in [4.78, 5) is 13.4. The summed E-state index contributed by atoms with van der Waals surface area (Å²) in [6.07, 6.45) is 2.54. The van der Waals surface area contributed by atoms with E-state index in [0.29, 0.717) is 18.3 Å². The zero-order valence-electron chi connectivity index (χ0n) is 7.96. The molecule has 4 heteroatoms. The van der Waals surface area contributed by atoms with Crippen molar-refractivity contribution in [3.63, 3.8) is 0 Å². The van der Waals surface area contributed by atoms with E-state index >= 15 is 0 Å². The Balaban J connectivity index is 2.28. The van der Waals surface area contributed by atoms with Gasteiger partial charge in [0.05, 0.1) is 0 Å². The van der Waals surface area contributed by atoms with Gasteiger partial charge in [0.2, 0.25) is 5.91 Å². The normalized spacial score (nSPS) is 21.8. The van der Waals surface area contributed by atoms with E-state index < -0.39 is 0 Å². The minimum Gasteiger partial charge on any atom is -0.342 e. The minimum atomic E-state index is 0.244. The third-order valence-electron chi connectivity index (χ3n) is 2.37. The monoisotopic (exact) mass is 221 g/mol. The van der Waals surface area contributed by atoms with E-state index in [-0.39, 0.29) is 5.91 Å². The van der Waals surface area contributed by atoms with Gasteiger partial charge in [-0.15, -0.1) is 11.6 Å². The fourth-order valence-corrected chi connectivity index (χ4v) is 2.83. The number of alkyl halides is 1. The first-order valence-corrected chi connectivity index (χ1v) is 6.34. The second kappa shape index (κ2) is 5.76. The molecule has 1 aliphatic heterocycles. The first-order valence-electron chi connectivity index (χ1n) is 4.65. The molecule has 1 saturated heterocycles. The topological polar surface area (TPSA) is 20.3 Å². The Morgan fingerprint density at radius 3 is 3.00 bits per heavy atom. The average molecular weight is 222 g/mol. The summed E-state index contributed by atoms with van der Waals surface area (Å²) in [5.74, 6) is 3.12. The molecule has 0 saturated carbocycles. The van der Waals surface area contributed by atoms with E-state index in [4.69, 9.17) is 11.6 Å². The van der Waals surface area contributed by atoms with Crippen molar-refractivity contribution in [2.24, 2.45) is 0 Å². The van der Waals surface area contributed by atoms with E-state index in [9.17, 15) is 4.79 Å². The summed E-state index contributed by atoms with van der Waals surface area (Å²) in [6.45, 7) is 0. The van der Waals surface area contributed by atoms with Crippen molar-refractivity contribution in [2.45, 2.75) is 25.3 Å². The molecule has 1 fully saturated rings. The summed E-state index contributed by atoms with van der Waals surface area (Å²) in [5, 5.41) is 0. The van der Waals surface area contributed by atoms with Crippen LogP contribution in [0.25, 0.3) is 0 Å². The third-order valence-corrected chi connectivity index (χ3v) is 3.78. The minimum absolute atomic E-state index is 0.244. The summed E-state index contributed by atoms with van der Waals surface area (Å²) in [7, 11) is 1.91. The Morgan fingerprint density at radius 1 is 1.69 bits per heavy atom. The van der Waals surface area contributed by atoms with Crippen LogP contribution in [0.15, 0.2) is 0 Å². The first kappa shape index (κ1) is 11.2. The van der Waals surface area contributed by atoms with Crippen molar-refractivity contribution in [3.05, 3.63) is 0 Å². The van der Waals surface area contributed by atoms with Gasteiger partial charge in [-0.05, 0) is 18.6 Å². The Hall–Kier alpha value is 0.110. The molecule has 1 atom stereocenters. The van der Waals surface area contributed by atoms with Gasteiger partial charge >= 0.3 is 0 Å². The summed E-state index contributed by atoms with van der Waals surface area (Å²) in [5.41, 5.74) is 0. The number of carbonyl (C=O) groups is 1. The van der Waals surface area contributed by atoms with Crippen LogP contribution < -0.4 is 0 Å². The van der Waals surface area contributed by atoms with Crippen molar-refractivity contribution in [3.8, 4) is 0 Å². The lowest BCUT2D eigenvalue weighted by molar-refractivity contribution is -0.131. The molecule has 0 spiro atoms. The Morgan fingerprint density at radius 2 is 2.46 bits per heavy atom. The highest BCUT2D eigenvalue weighted by atomic mass is 35.5. The van der Waals surface area contributed by atoms with Gasteiger partial charge in [0.25, 0.3) is 0 Å². The molecule has 0 bridgehead atoms. The molecule has 0 aromatic carbocycles. The van der Waals surface area contributed by atoms with Crippen LogP contribution in [0.4, 0.5) is 0 Å². The molecule has 1 rings (SSSR count). The Labute approximate surface area is 89.0 Å². The number of thioether (sulfide) groups is 1. The first-order chi connectivity index (χ1) is 6.25. The highest BCUT2D eigenvalue weighted by molar-refractivity contribution is 7.99. The molecule has 1 unspecified atom stereocenters. The molecule has 0 aromatic rings. The highest BCUT2D eigenvalue weighted by Gasteiger charge is 2.22. The van der Waals surface area contributed by atoms with Crippen molar-refractivity contribution in [2.75, 3.05) is 24.4 Å². The number of hydrogen-bond acceptors (Lipinski definition) is 2. The SMILES string of the molecule is CN(C(=O)CCCCl)C1CCSC1. The van der Waals surface area contributed by atoms with E-state index in [1.807, 2.05) is 23.7 Å². The lowest BCUT2D eigenvalue weighted by atomic mass is 10.2. The van der Waals surface area contributed by atoms with E-state index in [0.717, 1.165) is 18.6 Å². The quantitative estimate of drug-likeness (QED) is 0.677. The van der Waals surface area contributed by atoms with Crippen LogP contribution in [0.3, 0.4) is 0 Å².